The quantitative estimate of drug-likeness (QED) is 0.432. The van der Waals surface area contributed by atoms with Gasteiger partial charge in [0.15, 0.2) is 11.5 Å². The topological polar surface area (TPSA) is 117 Å². The Bertz CT molecular complexity index is 1650. The average molecular weight is 631 g/mol. The molecular weight excluding hydrogens is 601 g/mol. The molecule has 4 aliphatic rings. The Hall–Kier alpha value is -3.91. The largest absolute Gasteiger partial charge is 0.435 e. The zero-order valence-electron chi connectivity index (χ0n) is 23.8. The number of anilines is 1. The van der Waals surface area contributed by atoms with Gasteiger partial charge in [-0.05, 0) is 56.0 Å². The molecule has 2 N–H and O–H groups in total. The molecule has 2 aliphatic carbocycles. The highest BCUT2D eigenvalue weighted by Crippen LogP contribution is 2.49. The first-order valence-corrected chi connectivity index (χ1v) is 15.0. The fourth-order valence-corrected chi connectivity index (χ4v) is 6.70. The summed E-state index contributed by atoms with van der Waals surface area (Å²) in [6, 6.07) is 4.43. The van der Waals surface area contributed by atoms with Crippen LogP contribution >= 0.6 is 11.6 Å². The van der Waals surface area contributed by atoms with Crippen molar-refractivity contribution in [1.82, 2.24) is 34.4 Å². The van der Waals surface area contributed by atoms with Gasteiger partial charge in [0.1, 0.15) is 0 Å². The SMILES string of the molecule is Cn1c(-c2cn(C3CC3)nc2C(F)(F)F)cnc1C(=O)Nc1ccc(C(=O)N2CCN(C(=O)[C@H]3C4CNC[C@@H]43)CC2)c(Cl)c1. The Balaban J connectivity index is 1.000. The van der Waals surface area contributed by atoms with E-state index in [-0.39, 0.29) is 51.4 Å². The molecule has 3 atom stereocenters. The van der Waals surface area contributed by atoms with Gasteiger partial charge in [-0.15, -0.1) is 0 Å². The lowest BCUT2D eigenvalue weighted by atomic mass is 10.1. The Morgan fingerprint density at radius 1 is 1.05 bits per heavy atom. The number of rotatable bonds is 6. The van der Waals surface area contributed by atoms with Crippen molar-refractivity contribution in [3.63, 3.8) is 0 Å². The molecule has 1 unspecified atom stereocenters. The van der Waals surface area contributed by atoms with E-state index in [1.165, 1.54) is 46.9 Å². The number of carbonyl (C=O) groups is 3. The fourth-order valence-electron chi connectivity index (χ4n) is 6.43. The first-order valence-electron chi connectivity index (χ1n) is 14.6. The molecule has 2 saturated carbocycles. The number of halogens is 4. The number of alkyl halides is 3. The summed E-state index contributed by atoms with van der Waals surface area (Å²) >= 11 is 6.46. The molecule has 11 nitrogen and oxygen atoms in total. The maximum Gasteiger partial charge on any atom is 0.435 e. The van der Waals surface area contributed by atoms with Crippen LogP contribution in [0.5, 0.6) is 0 Å². The van der Waals surface area contributed by atoms with Crippen molar-refractivity contribution in [1.29, 1.82) is 0 Å². The third-order valence-electron chi connectivity index (χ3n) is 9.10. The Morgan fingerprint density at radius 2 is 1.73 bits per heavy atom. The molecule has 232 valence electrons. The predicted molar refractivity (Wildman–Crippen MR) is 153 cm³/mol. The molecule has 44 heavy (non-hydrogen) atoms. The molecule has 1 aromatic carbocycles. The second kappa shape index (κ2) is 10.6. The molecule has 7 rings (SSSR count). The van der Waals surface area contributed by atoms with Crippen LogP contribution in [0.4, 0.5) is 18.9 Å². The number of fused-ring (bicyclic) bond motifs is 1. The van der Waals surface area contributed by atoms with Crippen molar-refractivity contribution >= 4 is 35.0 Å². The zero-order valence-corrected chi connectivity index (χ0v) is 24.5. The van der Waals surface area contributed by atoms with Crippen molar-refractivity contribution in [3.8, 4) is 11.3 Å². The first-order chi connectivity index (χ1) is 21.0. The number of aromatic nitrogens is 4. The van der Waals surface area contributed by atoms with Crippen LogP contribution in [0.1, 0.15) is 45.6 Å². The van der Waals surface area contributed by atoms with Gasteiger partial charge in [-0.1, -0.05) is 11.6 Å². The van der Waals surface area contributed by atoms with E-state index in [9.17, 15) is 27.6 Å². The van der Waals surface area contributed by atoms with Gasteiger partial charge in [-0.25, -0.2) is 4.98 Å². The lowest BCUT2D eigenvalue weighted by molar-refractivity contribution is -0.141. The summed E-state index contributed by atoms with van der Waals surface area (Å²) in [6.45, 7) is 3.53. The third kappa shape index (κ3) is 5.13. The molecule has 15 heteroatoms. The Kier molecular flexibility index (Phi) is 6.96. The number of carbonyl (C=O) groups excluding carboxylic acids is 3. The van der Waals surface area contributed by atoms with Crippen LogP contribution < -0.4 is 10.6 Å². The molecule has 0 bridgehead atoms. The molecule has 2 aliphatic heterocycles. The third-order valence-corrected chi connectivity index (χ3v) is 9.41. The molecule has 2 saturated heterocycles. The van der Waals surface area contributed by atoms with Crippen molar-refractivity contribution in [2.75, 3.05) is 44.6 Å². The van der Waals surface area contributed by atoms with Crippen molar-refractivity contribution in [2.45, 2.75) is 25.1 Å². The maximum absolute atomic E-state index is 13.7. The number of imidazole rings is 1. The number of amides is 3. The van der Waals surface area contributed by atoms with E-state index in [0.717, 1.165) is 25.9 Å². The number of piperazine rings is 1. The van der Waals surface area contributed by atoms with Crippen LogP contribution in [0.25, 0.3) is 11.3 Å². The minimum absolute atomic E-state index is 0.0562. The summed E-state index contributed by atoms with van der Waals surface area (Å²) in [7, 11) is 1.46. The van der Waals surface area contributed by atoms with Gasteiger partial charge in [0.05, 0.1) is 34.1 Å². The van der Waals surface area contributed by atoms with Crippen molar-refractivity contribution in [2.24, 2.45) is 24.8 Å². The summed E-state index contributed by atoms with van der Waals surface area (Å²) in [5.41, 5.74) is -0.520. The molecule has 0 spiro atoms. The highest BCUT2D eigenvalue weighted by atomic mass is 35.5. The Morgan fingerprint density at radius 3 is 2.36 bits per heavy atom. The monoisotopic (exact) mass is 630 g/mol. The lowest BCUT2D eigenvalue weighted by Gasteiger charge is -2.35. The number of benzene rings is 1. The van der Waals surface area contributed by atoms with E-state index in [2.05, 4.69) is 20.7 Å². The molecular formula is C29H30ClF3N8O3. The van der Waals surface area contributed by atoms with E-state index in [1.807, 2.05) is 4.90 Å². The van der Waals surface area contributed by atoms with Gasteiger partial charge in [0, 0.05) is 51.0 Å². The molecule has 4 heterocycles. The maximum atomic E-state index is 13.7. The van der Waals surface area contributed by atoms with E-state index >= 15 is 0 Å². The summed E-state index contributed by atoms with van der Waals surface area (Å²) in [6.07, 6.45) is -0.574. The number of nitrogens with zero attached hydrogens (tertiary/aromatic N) is 6. The van der Waals surface area contributed by atoms with Gasteiger partial charge in [0.25, 0.3) is 11.8 Å². The minimum Gasteiger partial charge on any atom is -0.339 e. The van der Waals surface area contributed by atoms with Crippen LogP contribution in [0, 0.1) is 17.8 Å². The molecule has 3 aromatic rings. The lowest BCUT2D eigenvalue weighted by Crippen LogP contribution is -2.51. The van der Waals surface area contributed by atoms with E-state index in [0.29, 0.717) is 43.7 Å². The van der Waals surface area contributed by atoms with Gasteiger partial charge < -0.3 is 25.0 Å². The summed E-state index contributed by atoms with van der Waals surface area (Å²) in [5.74, 6) is 0.138. The average Bonchev–Trinajstić information content (AvgIpc) is 3.78. The molecule has 2 aromatic heterocycles. The summed E-state index contributed by atoms with van der Waals surface area (Å²) in [4.78, 5) is 46.8. The van der Waals surface area contributed by atoms with Crippen molar-refractivity contribution < 1.29 is 27.6 Å². The number of hydrogen-bond acceptors (Lipinski definition) is 6. The summed E-state index contributed by atoms with van der Waals surface area (Å²) < 4.78 is 43.8. The normalized spacial score (nSPS) is 23.1. The second-order valence-electron chi connectivity index (χ2n) is 11.9. The van der Waals surface area contributed by atoms with Crippen LogP contribution in [0.15, 0.2) is 30.6 Å². The summed E-state index contributed by atoms with van der Waals surface area (Å²) in [5, 5.41) is 9.85. The number of nitrogens with one attached hydrogen (secondary N) is 2. The molecule has 3 amide bonds. The van der Waals surface area contributed by atoms with Crippen LogP contribution in [0.3, 0.4) is 0 Å². The second-order valence-corrected chi connectivity index (χ2v) is 12.3. The highest BCUT2D eigenvalue weighted by Gasteiger charge is 2.58. The van der Waals surface area contributed by atoms with E-state index in [4.69, 9.17) is 11.6 Å². The van der Waals surface area contributed by atoms with E-state index in [1.54, 1.807) is 4.90 Å². The highest BCUT2D eigenvalue weighted by molar-refractivity contribution is 6.34. The van der Waals surface area contributed by atoms with Crippen LogP contribution in [-0.4, -0.2) is 86.1 Å². The minimum atomic E-state index is -4.67. The standard InChI is InChI=1S/C29H30ClF3N8O3/c1-38-22(20-14-41(16-3-4-16)37-24(20)29(31,32)33)13-35-25(38)26(42)36-15-2-5-17(21(30)10-15)27(43)39-6-8-40(9-7-39)28(44)23-18-11-34-12-19(18)23/h2,5,10,13-14,16,18-19,23,34H,3-4,6-9,11-12H2,1H3,(H,36,42)/t18-,19?,23+/m0/s1. The molecule has 0 radical (unpaired) electrons. The number of piperidine rings is 1. The van der Waals surface area contributed by atoms with Crippen molar-refractivity contribution in [3.05, 3.63) is 52.7 Å². The predicted octanol–water partition coefficient (Wildman–Crippen LogP) is 3.29. The van der Waals surface area contributed by atoms with E-state index < -0.39 is 17.8 Å². The Labute approximate surface area is 255 Å². The smallest absolute Gasteiger partial charge is 0.339 e. The fraction of sp³-hybridized carbons (Fsp3) is 0.483. The van der Waals surface area contributed by atoms with Crippen LogP contribution in [-0.2, 0) is 18.0 Å². The van der Waals surface area contributed by atoms with Crippen LogP contribution in [0.2, 0.25) is 5.02 Å². The van der Waals surface area contributed by atoms with Gasteiger partial charge >= 0.3 is 6.18 Å². The zero-order chi connectivity index (χ0) is 30.9. The molecule has 4 fully saturated rings. The van der Waals surface area contributed by atoms with Gasteiger partial charge in [-0.2, -0.15) is 18.3 Å². The first kappa shape index (κ1) is 28.8. The van der Waals surface area contributed by atoms with Gasteiger partial charge in [-0.3, -0.25) is 19.1 Å². The number of hydrogen-bond donors (Lipinski definition) is 2. The van der Waals surface area contributed by atoms with Gasteiger partial charge in [0.2, 0.25) is 5.91 Å².